The predicted octanol–water partition coefficient (Wildman–Crippen LogP) is 1.90. The number of alkyl halides is 3. The third-order valence-corrected chi connectivity index (χ3v) is 3.28. The van der Waals surface area contributed by atoms with Gasteiger partial charge in [-0.05, 0) is 19.1 Å². The number of hydrogen-bond donors (Lipinski definition) is 1. The van der Waals surface area contributed by atoms with E-state index in [1.165, 1.54) is 13.2 Å². The zero-order valence-corrected chi connectivity index (χ0v) is 13.4. The monoisotopic (exact) mass is 353 g/mol. The predicted molar refractivity (Wildman–Crippen MR) is 81.8 cm³/mol. The second kappa shape index (κ2) is 7.36. The van der Waals surface area contributed by atoms with Gasteiger partial charge < -0.3 is 9.84 Å². The molecule has 0 unspecified atom stereocenters. The van der Waals surface area contributed by atoms with Gasteiger partial charge in [-0.25, -0.2) is 4.98 Å². The van der Waals surface area contributed by atoms with Crippen molar-refractivity contribution in [3.63, 3.8) is 0 Å². The molecular formula is C16H14F3N3O3. The topological polar surface area (TPSA) is 77.0 Å². The van der Waals surface area contributed by atoms with Crippen molar-refractivity contribution >= 4 is 5.78 Å². The minimum atomic E-state index is -4.66. The van der Waals surface area contributed by atoms with Crippen molar-refractivity contribution in [2.75, 3.05) is 6.61 Å². The van der Waals surface area contributed by atoms with Crippen LogP contribution in [-0.2, 0) is 24.6 Å². The molecule has 132 valence electrons. The number of ketones is 1. The lowest BCUT2D eigenvalue weighted by molar-refractivity contribution is -0.141. The van der Waals surface area contributed by atoms with E-state index in [1.54, 1.807) is 6.92 Å². The van der Waals surface area contributed by atoms with E-state index in [2.05, 4.69) is 21.9 Å². The third-order valence-electron chi connectivity index (χ3n) is 3.28. The SMILES string of the molecule is CC#CCOCc1nc(C(F)(F)F)ccc1C(=O)c1c[nH]n(C)c1=O. The second-order valence-corrected chi connectivity index (χ2v) is 4.99. The largest absolute Gasteiger partial charge is 0.433 e. The van der Waals surface area contributed by atoms with Gasteiger partial charge in [0.1, 0.15) is 17.9 Å². The Balaban J connectivity index is 2.44. The fraction of sp³-hybridized carbons (Fsp3) is 0.312. The van der Waals surface area contributed by atoms with Crippen LogP contribution in [0.3, 0.4) is 0 Å². The number of halogens is 3. The number of carbonyl (C=O) groups is 1. The summed E-state index contributed by atoms with van der Waals surface area (Å²) in [6.45, 7) is 1.22. The van der Waals surface area contributed by atoms with E-state index in [9.17, 15) is 22.8 Å². The van der Waals surface area contributed by atoms with Gasteiger partial charge >= 0.3 is 6.18 Å². The lowest BCUT2D eigenvalue weighted by atomic mass is 10.0. The molecule has 25 heavy (non-hydrogen) atoms. The number of nitrogens with one attached hydrogen (secondary N) is 1. The number of H-pyrrole nitrogens is 1. The Morgan fingerprint density at radius 1 is 1.36 bits per heavy atom. The first kappa shape index (κ1) is 18.5. The third kappa shape index (κ3) is 4.16. The summed E-state index contributed by atoms with van der Waals surface area (Å²) < 4.78 is 44.8. The number of rotatable bonds is 5. The summed E-state index contributed by atoms with van der Waals surface area (Å²) in [4.78, 5) is 27.9. The van der Waals surface area contributed by atoms with Gasteiger partial charge in [0.15, 0.2) is 0 Å². The maximum Gasteiger partial charge on any atom is 0.433 e. The number of aromatic amines is 1. The van der Waals surface area contributed by atoms with E-state index < -0.39 is 23.2 Å². The molecule has 0 atom stereocenters. The minimum absolute atomic E-state index is 0.0199. The Morgan fingerprint density at radius 3 is 2.64 bits per heavy atom. The molecule has 0 aliphatic heterocycles. The number of aromatic nitrogens is 3. The zero-order chi connectivity index (χ0) is 18.6. The lowest BCUT2D eigenvalue weighted by Gasteiger charge is -2.11. The molecule has 0 bridgehead atoms. The van der Waals surface area contributed by atoms with Crippen molar-refractivity contribution in [3.05, 3.63) is 51.2 Å². The first-order chi connectivity index (χ1) is 11.8. The highest BCUT2D eigenvalue weighted by Gasteiger charge is 2.33. The number of hydrogen-bond acceptors (Lipinski definition) is 4. The summed E-state index contributed by atoms with van der Waals surface area (Å²) in [7, 11) is 1.41. The number of ether oxygens (including phenoxy) is 1. The summed E-state index contributed by atoms with van der Waals surface area (Å²) in [6, 6.07) is 1.69. The highest BCUT2D eigenvalue weighted by atomic mass is 19.4. The molecule has 0 saturated heterocycles. The summed E-state index contributed by atoms with van der Waals surface area (Å²) in [5.74, 6) is 4.43. The first-order valence-electron chi connectivity index (χ1n) is 7.09. The normalized spacial score (nSPS) is 11.1. The number of carbonyl (C=O) groups excluding carboxylic acids is 1. The first-order valence-corrected chi connectivity index (χ1v) is 7.09. The van der Waals surface area contributed by atoms with Crippen LogP contribution in [0.25, 0.3) is 0 Å². The van der Waals surface area contributed by atoms with Gasteiger partial charge in [0, 0.05) is 18.8 Å². The Kier molecular flexibility index (Phi) is 5.44. The van der Waals surface area contributed by atoms with Crippen LogP contribution in [0.4, 0.5) is 13.2 Å². The van der Waals surface area contributed by atoms with Gasteiger partial charge in [0.2, 0.25) is 5.78 Å². The second-order valence-electron chi connectivity index (χ2n) is 4.99. The molecule has 2 rings (SSSR count). The van der Waals surface area contributed by atoms with Crippen LogP contribution < -0.4 is 5.56 Å². The minimum Gasteiger partial charge on any atom is -0.362 e. The van der Waals surface area contributed by atoms with Crippen LogP contribution in [0, 0.1) is 11.8 Å². The number of pyridine rings is 1. The van der Waals surface area contributed by atoms with Crippen LogP contribution in [0.5, 0.6) is 0 Å². The van der Waals surface area contributed by atoms with Gasteiger partial charge in [-0.15, -0.1) is 5.92 Å². The van der Waals surface area contributed by atoms with Gasteiger partial charge in [0.05, 0.1) is 12.3 Å². The smallest absolute Gasteiger partial charge is 0.362 e. The summed E-state index contributed by atoms with van der Waals surface area (Å²) in [5.41, 5.74) is -2.27. The Bertz CT molecular complexity index is 901. The van der Waals surface area contributed by atoms with Gasteiger partial charge in [-0.1, -0.05) is 5.92 Å². The fourth-order valence-electron chi connectivity index (χ4n) is 2.02. The molecule has 2 aromatic heterocycles. The summed E-state index contributed by atoms with van der Waals surface area (Å²) >= 11 is 0. The van der Waals surface area contributed by atoms with Crippen molar-refractivity contribution in [1.29, 1.82) is 0 Å². The van der Waals surface area contributed by atoms with Crippen LogP contribution in [0.1, 0.15) is 34.2 Å². The van der Waals surface area contributed by atoms with Crippen LogP contribution in [0.2, 0.25) is 0 Å². The molecule has 6 nitrogen and oxygen atoms in total. The molecule has 2 heterocycles. The fourth-order valence-corrected chi connectivity index (χ4v) is 2.02. The van der Waals surface area contributed by atoms with Gasteiger partial charge in [0.25, 0.3) is 5.56 Å². The molecule has 0 aromatic carbocycles. The molecule has 0 fully saturated rings. The van der Waals surface area contributed by atoms with E-state index in [-0.39, 0.29) is 30.0 Å². The molecule has 2 aromatic rings. The molecule has 0 aliphatic rings. The van der Waals surface area contributed by atoms with Crippen LogP contribution in [-0.4, -0.2) is 27.2 Å². The summed E-state index contributed by atoms with van der Waals surface area (Å²) in [6.07, 6.45) is -3.47. The average Bonchev–Trinajstić information content (AvgIpc) is 2.89. The summed E-state index contributed by atoms with van der Waals surface area (Å²) in [5, 5.41) is 2.54. The van der Waals surface area contributed by atoms with Crippen LogP contribution in [0.15, 0.2) is 23.1 Å². The molecular weight excluding hydrogens is 339 g/mol. The molecule has 0 saturated carbocycles. The number of nitrogens with zero attached hydrogens (tertiary/aromatic N) is 2. The van der Waals surface area contributed by atoms with Crippen molar-refractivity contribution in [2.24, 2.45) is 7.05 Å². The molecule has 0 radical (unpaired) electrons. The standard InChI is InChI=1S/C16H14F3N3O3/c1-3-4-7-25-9-12-10(5-6-13(21-12)16(17,18)19)14(23)11-8-20-22(2)15(11)24/h5-6,8,20H,7,9H2,1-2H3. The van der Waals surface area contributed by atoms with E-state index >= 15 is 0 Å². The van der Waals surface area contributed by atoms with E-state index in [0.29, 0.717) is 6.07 Å². The van der Waals surface area contributed by atoms with Gasteiger partial charge in [-0.3, -0.25) is 14.3 Å². The van der Waals surface area contributed by atoms with Gasteiger partial charge in [-0.2, -0.15) is 13.2 Å². The molecule has 1 N–H and O–H groups in total. The highest BCUT2D eigenvalue weighted by molar-refractivity contribution is 6.09. The van der Waals surface area contributed by atoms with E-state index in [0.717, 1.165) is 10.7 Å². The average molecular weight is 353 g/mol. The van der Waals surface area contributed by atoms with Crippen molar-refractivity contribution < 1.29 is 22.7 Å². The van der Waals surface area contributed by atoms with E-state index in [4.69, 9.17) is 4.74 Å². The molecule has 0 spiro atoms. The molecule has 9 heteroatoms. The quantitative estimate of drug-likeness (QED) is 0.506. The lowest BCUT2D eigenvalue weighted by Crippen LogP contribution is -2.21. The Hall–Kier alpha value is -2.86. The van der Waals surface area contributed by atoms with Crippen molar-refractivity contribution in [3.8, 4) is 11.8 Å². The Morgan fingerprint density at radius 2 is 2.08 bits per heavy atom. The highest BCUT2D eigenvalue weighted by Crippen LogP contribution is 2.28. The van der Waals surface area contributed by atoms with Crippen molar-refractivity contribution in [2.45, 2.75) is 19.7 Å². The maximum absolute atomic E-state index is 12.9. The maximum atomic E-state index is 12.9. The molecule has 0 aliphatic carbocycles. The zero-order valence-electron chi connectivity index (χ0n) is 13.4. The van der Waals surface area contributed by atoms with E-state index in [1.807, 2.05) is 0 Å². The van der Waals surface area contributed by atoms with Crippen molar-refractivity contribution in [1.82, 2.24) is 14.8 Å². The van der Waals surface area contributed by atoms with Crippen LogP contribution >= 0.6 is 0 Å². The molecule has 0 amide bonds. The number of aryl methyl sites for hydroxylation is 1. The Labute approximate surface area is 140 Å².